The zero-order valence-corrected chi connectivity index (χ0v) is 14.7. The number of hydrogen-bond donors (Lipinski definition) is 1. The molecule has 0 unspecified atom stereocenters. The van der Waals surface area contributed by atoms with Crippen molar-refractivity contribution >= 4 is 11.4 Å². The number of ether oxygens (including phenoxy) is 2. The summed E-state index contributed by atoms with van der Waals surface area (Å²) in [4.78, 5) is 13.5. The normalized spacial score (nSPS) is 30.9. The fourth-order valence-electron chi connectivity index (χ4n) is 4.79. The average molecular weight is 328 g/mol. The largest absolute Gasteiger partial charge is 0.386 e. The van der Waals surface area contributed by atoms with Crippen molar-refractivity contribution in [1.29, 1.82) is 0 Å². The summed E-state index contributed by atoms with van der Waals surface area (Å²) in [5.74, 6) is -1.50. The second-order valence-corrected chi connectivity index (χ2v) is 7.79. The smallest absolute Gasteiger partial charge is 0.261 e. The number of carbonyl (C=O) groups is 1. The fraction of sp³-hybridized carbons (Fsp3) is 0.550. The Labute approximate surface area is 142 Å². The maximum Gasteiger partial charge on any atom is 0.261 e. The molecule has 0 radical (unpaired) electrons. The van der Waals surface area contributed by atoms with Gasteiger partial charge in [0, 0.05) is 18.2 Å². The van der Waals surface area contributed by atoms with Crippen molar-refractivity contribution in [2.24, 2.45) is 5.41 Å². The van der Waals surface area contributed by atoms with Gasteiger partial charge in [0.05, 0.1) is 6.61 Å². The van der Waals surface area contributed by atoms with Gasteiger partial charge in [-0.05, 0) is 53.9 Å². The summed E-state index contributed by atoms with van der Waals surface area (Å²) in [7, 11) is 1.52. The molecule has 1 aliphatic heterocycles. The summed E-state index contributed by atoms with van der Waals surface area (Å²) < 4.78 is 11.6. The number of fused-ring (bicyclic) bond motifs is 1. The van der Waals surface area contributed by atoms with E-state index in [2.05, 4.69) is 19.9 Å². The van der Waals surface area contributed by atoms with Crippen molar-refractivity contribution in [2.75, 3.05) is 13.7 Å². The SMILES string of the molecule is CO[C@]12OC[C@@H](O)c3c(C)ccc(c31)C1=C(C2=O)C(C)(C)CCC1. The molecule has 4 nitrogen and oxygen atoms in total. The third-order valence-electron chi connectivity index (χ3n) is 5.92. The van der Waals surface area contributed by atoms with Crippen LogP contribution in [-0.2, 0) is 20.1 Å². The highest BCUT2D eigenvalue weighted by atomic mass is 16.7. The molecule has 2 aliphatic carbocycles. The van der Waals surface area contributed by atoms with Crippen LogP contribution in [0, 0.1) is 12.3 Å². The minimum atomic E-state index is -1.41. The van der Waals surface area contributed by atoms with E-state index < -0.39 is 11.9 Å². The maximum atomic E-state index is 13.5. The first-order chi connectivity index (χ1) is 11.3. The minimum absolute atomic E-state index is 0.0694. The van der Waals surface area contributed by atoms with E-state index in [-0.39, 0.29) is 17.8 Å². The second kappa shape index (κ2) is 5.01. The van der Waals surface area contributed by atoms with Gasteiger partial charge in [-0.25, -0.2) is 0 Å². The molecule has 4 heteroatoms. The van der Waals surface area contributed by atoms with Crippen LogP contribution < -0.4 is 0 Å². The van der Waals surface area contributed by atoms with Crippen LogP contribution in [0.3, 0.4) is 0 Å². The number of aryl methyl sites for hydroxylation is 1. The minimum Gasteiger partial charge on any atom is -0.386 e. The highest BCUT2D eigenvalue weighted by molar-refractivity contribution is 6.12. The first-order valence-electron chi connectivity index (χ1n) is 8.63. The van der Waals surface area contributed by atoms with E-state index >= 15 is 0 Å². The van der Waals surface area contributed by atoms with Crippen molar-refractivity contribution in [2.45, 2.75) is 51.9 Å². The van der Waals surface area contributed by atoms with E-state index in [1.54, 1.807) is 0 Å². The molecule has 1 aromatic rings. The molecule has 0 spiro atoms. The Hall–Kier alpha value is -1.49. The van der Waals surface area contributed by atoms with E-state index in [1.807, 2.05) is 13.0 Å². The Bertz CT molecular complexity index is 774. The molecular formula is C20H24O4. The lowest BCUT2D eigenvalue weighted by molar-refractivity contribution is -0.240. The summed E-state index contributed by atoms with van der Waals surface area (Å²) in [6.07, 6.45) is 2.20. The second-order valence-electron chi connectivity index (χ2n) is 7.79. The van der Waals surface area contributed by atoms with E-state index in [4.69, 9.17) is 9.47 Å². The highest BCUT2D eigenvalue weighted by Crippen LogP contribution is 2.55. The van der Waals surface area contributed by atoms with Crippen molar-refractivity contribution in [1.82, 2.24) is 0 Å². The van der Waals surface area contributed by atoms with Crippen LogP contribution in [0.15, 0.2) is 17.7 Å². The van der Waals surface area contributed by atoms with E-state index in [9.17, 15) is 9.90 Å². The van der Waals surface area contributed by atoms with Gasteiger partial charge in [-0.1, -0.05) is 26.0 Å². The Balaban J connectivity index is 2.12. The molecule has 1 aromatic carbocycles. The predicted molar refractivity (Wildman–Crippen MR) is 90.3 cm³/mol. The monoisotopic (exact) mass is 328 g/mol. The lowest BCUT2D eigenvalue weighted by atomic mass is 9.63. The predicted octanol–water partition coefficient (Wildman–Crippen LogP) is 3.40. The van der Waals surface area contributed by atoms with Crippen molar-refractivity contribution < 1.29 is 19.4 Å². The molecule has 0 bridgehead atoms. The standard InChI is InChI=1S/C20H24O4/c1-11-7-8-13-12-6-5-9-19(2,3)17(12)18(22)20(23-4)16(13)15(11)14(21)10-24-20/h7-8,14,21H,5-6,9-10H2,1-4H3/t14-,20+/m1/s1. The first kappa shape index (κ1) is 16.0. The van der Waals surface area contributed by atoms with Gasteiger partial charge in [0.25, 0.3) is 5.79 Å². The van der Waals surface area contributed by atoms with Crippen molar-refractivity contribution in [3.8, 4) is 0 Å². The topological polar surface area (TPSA) is 55.8 Å². The van der Waals surface area contributed by atoms with Crippen LogP contribution >= 0.6 is 0 Å². The Kier molecular flexibility index (Phi) is 3.34. The number of benzene rings is 1. The van der Waals surface area contributed by atoms with E-state index in [0.717, 1.165) is 52.7 Å². The van der Waals surface area contributed by atoms with Gasteiger partial charge in [-0.15, -0.1) is 0 Å². The molecule has 0 amide bonds. The molecule has 1 heterocycles. The molecule has 1 N–H and O–H groups in total. The van der Waals surface area contributed by atoms with Gasteiger partial charge in [0.1, 0.15) is 6.10 Å². The summed E-state index contributed by atoms with van der Waals surface area (Å²) in [6.45, 7) is 6.28. The summed E-state index contributed by atoms with van der Waals surface area (Å²) >= 11 is 0. The van der Waals surface area contributed by atoms with Gasteiger partial charge >= 0.3 is 0 Å². The van der Waals surface area contributed by atoms with Crippen LogP contribution in [0.5, 0.6) is 0 Å². The number of allylic oxidation sites excluding steroid dienone is 1. The molecule has 0 saturated carbocycles. The molecule has 4 rings (SSSR count). The zero-order chi connectivity index (χ0) is 17.3. The highest BCUT2D eigenvalue weighted by Gasteiger charge is 2.56. The van der Waals surface area contributed by atoms with Crippen LogP contribution in [0.2, 0.25) is 0 Å². The molecule has 2 atom stereocenters. The lowest BCUT2D eigenvalue weighted by Gasteiger charge is -2.47. The third kappa shape index (κ3) is 1.82. The van der Waals surface area contributed by atoms with E-state index in [0.29, 0.717) is 0 Å². The van der Waals surface area contributed by atoms with Crippen LogP contribution in [-0.4, -0.2) is 24.6 Å². The molecule has 3 aliphatic rings. The lowest BCUT2D eigenvalue weighted by Crippen LogP contribution is -2.51. The van der Waals surface area contributed by atoms with Crippen LogP contribution in [0.4, 0.5) is 0 Å². The Morgan fingerprint density at radius 1 is 1.33 bits per heavy atom. The molecule has 0 saturated heterocycles. The average Bonchev–Trinajstić information content (AvgIpc) is 2.54. The van der Waals surface area contributed by atoms with Crippen molar-refractivity contribution in [3.05, 3.63) is 40.0 Å². The molecular weight excluding hydrogens is 304 g/mol. The number of carbonyl (C=O) groups excluding carboxylic acids is 1. The summed E-state index contributed by atoms with van der Waals surface area (Å²) in [5.41, 5.74) is 5.26. The fourth-order valence-corrected chi connectivity index (χ4v) is 4.79. The van der Waals surface area contributed by atoms with Gasteiger partial charge < -0.3 is 14.6 Å². The summed E-state index contributed by atoms with van der Waals surface area (Å²) in [6, 6.07) is 4.09. The van der Waals surface area contributed by atoms with Gasteiger partial charge in [-0.2, -0.15) is 0 Å². The quantitative estimate of drug-likeness (QED) is 0.858. The maximum absolute atomic E-state index is 13.5. The number of rotatable bonds is 1. The number of ketones is 1. The van der Waals surface area contributed by atoms with Crippen LogP contribution in [0.25, 0.3) is 5.57 Å². The number of hydrogen-bond acceptors (Lipinski definition) is 4. The summed E-state index contributed by atoms with van der Waals surface area (Å²) in [5, 5.41) is 10.5. The molecule has 0 aromatic heterocycles. The number of methoxy groups -OCH3 is 1. The number of Topliss-reactive ketones (excluding diaryl/α,β-unsaturated/α-hetero) is 1. The first-order valence-corrected chi connectivity index (χ1v) is 8.63. The van der Waals surface area contributed by atoms with Crippen LogP contribution in [0.1, 0.15) is 61.5 Å². The van der Waals surface area contributed by atoms with E-state index in [1.165, 1.54) is 7.11 Å². The molecule has 128 valence electrons. The van der Waals surface area contributed by atoms with Gasteiger partial charge in [-0.3, -0.25) is 4.79 Å². The van der Waals surface area contributed by atoms with Crippen molar-refractivity contribution in [3.63, 3.8) is 0 Å². The molecule has 0 fully saturated rings. The van der Waals surface area contributed by atoms with Gasteiger partial charge in [0.15, 0.2) is 0 Å². The zero-order valence-electron chi connectivity index (χ0n) is 14.7. The molecule has 24 heavy (non-hydrogen) atoms. The Morgan fingerprint density at radius 3 is 2.79 bits per heavy atom. The Morgan fingerprint density at radius 2 is 2.08 bits per heavy atom. The van der Waals surface area contributed by atoms with Gasteiger partial charge in [0.2, 0.25) is 5.78 Å². The third-order valence-corrected chi connectivity index (χ3v) is 5.92. The number of aliphatic hydroxyl groups excluding tert-OH is 1. The number of aliphatic hydroxyl groups is 1.